The summed E-state index contributed by atoms with van der Waals surface area (Å²) < 4.78 is 5.02. The fourth-order valence-corrected chi connectivity index (χ4v) is 4.34. The number of hydrogen-bond donors (Lipinski definition) is 0. The molecule has 8 heteroatoms. The second-order valence-corrected chi connectivity index (χ2v) is 7.74. The Bertz CT molecular complexity index is 721. The van der Waals surface area contributed by atoms with E-state index in [-0.39, 0.29) is 11.8 Å². The molecule has 8 nitrogen and oxygen atoms in total. The topological polar surface area (TPSA) is 108 Å². The molecule has 150 valence electrons. The molecule has 0 aromatic carbocycles. The number of imide groups is 1. The van der Waals surface area contributed by atoms with Crippen LogP contribution in [0.15, 0.2) is 12.2 Å². The van der Waals surface area contributed by atoms with Crippen molar-refractivity contribution in [3.63, 3.8) is 0 Å². The number of allylic oxidation sites excluding steroid dienone is 2. The first kappa shape index (κ1) is 20.1. The highest BCUT2D eigenvalue weighted by Gasteiger charge is 2.48. The minimum absolute atomic E-state index is 0.356. The van der Waals surface area contributed by atoms with E-state index in [0.717, 1.165) is 24.2 Å². The molecule has 28 heavy (non-hydrogen) atoms. The zero-order chi connectivity index (χ0) is 20.3. The fraction of sp³-hybridized carbons (Fsp3) is 0.650. The van der Waals surface area contributed by atoms with Gasteiger partial charge >= 0.3 is 5.97 Å². The summed E-state index contributed by atoms with van der Waals surface area (Å²) in [4.78, 5) is 51.6. The lowest BCUT2D eigenvalue weighted by atomic mass is 9.81. The van der Waals surface area contributed by atoms with Crippen LogP contribution in [0, 0.1) is 23.2 Å². The Labute approximate surface area is 164 Å². The smallest absolute Gasteiger partial charge is 0.326 e. The van der Waals surface area contributed by atoms with Crippen molar-refractivity contribution in [3.8, 4) is 6.07 Å². The van der Waals surface area contributed by atoms with Crippen molar-refractivity contribution in [1.29, 1.82) is 5.26 Å². The third kappa shape index (κ3) is 3.66. The van der Waals surface area contributed by atoms with Gasteiger partial charge in [-0.3, -0.25) is 24.1 Å². The molecule has 1 aliphatic heterocycles. The minimum Gasteiger partial charge on any atom is -0.454 e. The molecule has 1 heterocycles. The van der Waals surface area contributed by atoms with Crippen LogP contribution in [0.3, 0.4) is 0 Å². The van der Waals surface area contributed by atoms with Crippen LogP contribution in [0.2, 0.25) is 0 Å². The van der Waals surface area contributed by atoms with Crippen LogP contribution in [-0.2, 0) is 23.9 Å². The third-order valence-electron chi connectivity index (χ3n) is 6.15. The van der Waals surface area contributed by atoms with E-state index in [4.69, 9.17) is 4.74 Å². The molecule has 2 aliphatic carbocycles. The molecular formula is C20H25N3O5. The second-order valence-electron chi connectivity index (χ2n) is 7.74. The van der Waals surface area contributed by atoms with Crippen LogP contribution in [0.4, 0.5) is 0 Å². The number of fused-ring (bicyclic) bond motifs is 1. The summed E-state index contributed by atoms with van der Waals surface area (Å²) in [7, 11) is 1.55. The Hall–Kier alpha value is -2.69. The molecule has 2 atom stereocenters. The Morgan fingerprint density at radius 1 is 1.18 bits per heavy atom. The first-order chi connectivity index (χ1) is 13.4. The zero-order valence-corrected chi connectivity index (χ0v) is 16.1. The molecule has 0 radical (unpaired) electrons. The summed E-state index contributed by atoms with van der Waals surface area (Å²) in [6.45, 7) is -0.992. The van der Waals surface area contributed by atoms with Gasteiger partial charge < -0.3 is 9.64 Å². The highest BCUT2D eigenvalue weighted by atomic mass is 16.5. The van der Waals surface area contributed by atoms with Gasteiger partial charge in [0.05, 0.1) is 17.9 Å². The summed E-state index contributed by atoms with van der Waals surface area (Å²) >= 11 is 0. The summed E-state index contributed by atoms with van der Waals surface area (Å²) in [5.41, 5.74) is -0.856. The summed E-state index contributed by atoms with van der Waals surface area (Å²) in [5.74, 6) is -2.78. The maximum absolute atomic E-state index is 12.4. The van der Waals surface area contributed by atoms with Gasteiger partial charge in [0.1, 0.15) is 12.1 Å². The van der Waals surface area contributed by atoms with Crippen LogP contribution in [0.1, 0.15) is 44.9 Å². The molecule has 0 N–H and O–H groups in total. The Balaban J connectivity index is 1.53. The zero-order valence-electron chi connectivity index (χ0n) is 16.1. The van der Waals surface area contributed by atoms with Gasteiger partial charge in [0.25, 0.3) is 5.91 Å². The summed E-state index contributed by atoms with van der Waals surface area (Å²) in [6.07, 6.45) is 8.75. The first-order valence-corrected chi connectivity index (χ1v) is 9.73. The number of nitrogens with zero attached hydrogens (tertiary/aromatic N) is 3. The Morgan fingerprint density at radius 2 is 1.75 bits per heavy atom. The summed E-state index contributed by atoms with van der Waals surface area (Å²) in [5, 5.41) is 9.55. The predicted molar refractivity (Wildman–Crippen MR) is 97.2 cm³/mol. The molecule has 0 spiro atoms. The maximum Gasteiger partial charge on any atom is 0.326 e. The second kappa shape index (κ2) is 8.13. The third-order valence-corrected chi connectivity index (χ3v) is 6.15. The summed E-state index contributed by atoms with van der Waals surface area (Å²) in [6, 6.07) is 2.25. The van der Waals surface area contributed by atoms with Gasteiger partial charge in [0.15, 0.2) is 6.61 Å². The molecule has 3 rings (SSSR count). The van der Waals surface area contributed by atoms with Crippen LogP contribution >= 0.6 is 0 Å². The minimum atomic E-state index is -0.856. The van der Waals surface area contributed by atoms with Gasteiger partial charge in [-0.25, -0.2) is 0 Å². The van der Waals surface area contributed by atoms with E-state index >= 15 is 0 Å². The van der Waals surface area contributed by atoms with E-state index in [0.29, 0.717) is 25.7 Å². The normalized spacial score (nSPS) is 25.8. The van der Waals surface area contributed by atoms with E-state index < -0.39 is 42.4 Å². The largest absolute Gasteiger partial charge is 0.454 e. The van der Waals surface area contributed by atoms with Crippen molar-refractivity contribution in [2.24, 2.45) is 11.8 Å². The number of carbonyl (C=O) groups is 4. The van der Waals surface area contributed by atoms with E-state index in [1.807, 2.05) is 12.2 Å². The lowest BCUT2D eigenvalue weighted by Gasteiger charge is -2.38. The number of likely N-dealkylation sites (N-methyl/N-ethyl adjacent to an activating group) is 1. The average molecular weight is 387 g/mol. The predicted octanol–water partition coefficient (Wildman–Crippen LogP) is 1.17. The lowest BCUT2D eigenvalue weighted by molar-refractivity contribution is -0.157. The highest BCUT2D eigenvalue weighted by Crippen LogP contribution is 2.35. The van der Waals surface area contributed by atoms with Crippen LogP contribution in [0.5, 0.6) is 0 Å². The molecule has 2 fully saturated rings. The molecule has 3 aliphatic rings. The van der Waals surface area contributed by atoms with E-state index in [1.165, 1.54) is 4.90 Å². The van der Waals surface area contributed by atoms with Crippen molar-refractivity contribution in [3.05, 3.63) is 12.2 Å². The number of ether oxygens (including phenoxy) is 1. The molecule has 0 unspecified atom stereocenters. The number of esters is 1. The first-order valence-electron chi connectivity index (χ1n) is 9.73. The number of nitriles is 1. The van der Waals surface area contributed by atoms with Gasteiger partial charge in [0, 0.05) is 7.05 Å². The SMILES string of the molecule is CN(C(=O)COC(=O)CN1C(=O)[C@H]2CC=CC[C@@H]2C1=O)C1(C#N)CCCCC1. The number of rotatable bonds is 5. The van der Waals surface area contributed by atoms with Gasteiger partial charge in [-0.1, -0.05) is 31.4 Å². The maximum atomic E-state index is 12.4. The van der Waals surface area contributed by atoms with Crippen LogP contribution < -0.4 is 0 Å². The molecule has 0 aromatic rings. The number of likely N-dealkylation sites (tertiary alicyclic amines) is 1. The van der Waals surface area contributed by atoms with Gasteiger partial charge in [-0.2, -0.15) is 5.26 Å². The quantitative estimate of drug-likeness (QED) is 0.398. The van der Waals surface area contributed by atoms with Crippen LogP contribution in [-0.4, -0.2) is 59.2 Å². The standard InChI is InChI=1S/C20H25N3O5/c1-22(20(13-21)9-5-2-6-10-20)16(24)12-28-17(25)11-23-18(26)14-7-3-4-8-15(14)19(23)27/h3-4,14-15H,2,5-12H2,1H3/t14-,15-/m0/s1. The molecular weight excluding hydrogens is 362 g/mol. The van der Waals surface area contributed by atoms with Crippen molar-refractivity contribution in [1.82, 2.24) is 9.80 Å². The van der Waals surface area contributed by atoms with E-state index in [9.17, 15) is 24.4 Å². The van der Waals surface area contributed by atoms with E-state index in [2.05, 4.69) is 6.07 Å². The molecule has 0 aromatic heterocycles. The fourth-order valence-electron chi connectivity index (χ4n) is 4.34. The van der Waals surface area contributed by atoms with E-state index in [1.54, 1.807) is 7.05 Å². The highest BCUT2D eigenvalue weighted by molar-refractivity contribution is 6.07. The van der Waals surface area contributed by atoms with Crippen LogP contribution in [0.25, 0.3) is 0 Å². The van der Waals surface area contributed by atoms with Gasteiger partial charge in [-0.05, 0) is 25.7 Å². The average Bonchev–Trinajstić information content (AvgIpc) is 2.97. The monoisotopic (exact) mass is 387 g/mol. The molecule has 0 bridgehead atoms. The lowest BCUT2D eigenvalue weighted by Crippen LogP contribution is -2.51. The number of carbonyl (C=O) groups excluding carboxylic acids is 4. The van der Waals surface area contributed by atoms with Crippen molar-refractivity contribution >= 4 is 23.7 Å². The van der Waals surface area contributed by atoms with Crippen molar-refractivity contribution in [2.45, 2.75) is 50.5 Å². The van der Waals surface area contributed by atoms with Crippen molar-refractivity contribution < 1.29 is 23.9 Å². The Kier molecular flexibility index (Phi) is 5.82. The molecule has 1 saturated carbocycles. The van der Waals surface area contributed by atoms with Crippen molar-refractivity contribution in [2.75, 3.05) is 20.2 Å². The number of hydrogen-bond acceptors (Lipinski definition) is 6. The van der Waals surface area contributed by atoms with Gasteiger partial charge in [0.2, 0.25) is 11.8 Å². The number of amides is 3. The van der Waals surface area contributed by atoms with Gasteiger partial charge in [-0.15, -0.1) is 0 Å². The molecule has 3 amide bonds. The molecule has 1 saturated heterocycles. The Morgan fingerprint density at radius 3 is 2.29 bits per heavy atom.